The Hall–Kier alpha value is -4.33. The number of benzene rings is 3. The largest absolute Gasteiger partial charge is 0.457 e. The quantitative estimate of drug-likeness (QED) is 0.354. The molecule has 0 saturated heterocycles. The summed E-state index contributed by atoms with van der Waals surface area (Å²) in [6.45, 7) is 1.53. The number of ether oxygens (including phenoxy) is 1. The summed E-state index contributed by atoms with van der Waals surface area (Å²) in [6.07, 6.45) is 0. The lowest BCUT2D eigenvalue weighted by Gasteiger charge is -2.11. The van der Waals surface area contributed by atoms with Crippen LogP contribution in [0.3, 0.4) is 0 Å². The molecule has 4 aromatic rings. The zero-order valence-electron chi connectivity index (χ0n) is 19.8. The number of carbonyl (C=O) groups is 1. The molecule has 0 saturated carbocycles. The van der Waals surface area contributed by atoms with E-state index in [2.05, 4.69) is 4.72 Å². The fraction of sp³-hybridized carbons (Fsp3) is 0.115. The van der Waals surface area contributed by atoms with Gasteiger partial charge < -0.3 is 4.74 Å². The van der Waals surface area contributed by atoms with E-state index < -0.39 is 21.6 Å². The number of halogens is 1. The molecular formula is C26H21ClN4O5S. The van der Waals surface area contributed by atoms with E-state index in [4.69, 9.17) is 21.6 Å². The van der Waals surface area contributed by atoms with Gasteiger partial charge in [0.25, 0.3) is 15.6 Å². The number of nitriles is 1. The number of sulfonamides is 1. The summed E-state index contributed by atoms with van der Waals surface area (Å²) in [7, 11) is -2.71. The molecule has 0 aliphatic rings. The summed E-state index contributed by atoms with van der Waals surface area (Å²) in [5.74, 6) is -0.764. The van der Waals surface area contributed by atoms with E-state index in [9.17, 15) is 18.0 Å². The average molecular weight is 537 g/mol. The first-order valence-corrected chi connectivity index (χ1v) is 12.8. The molecule has 0 aliphatic carbocycles. The van der Waals surface area contributed by atoms with E-state index in [0.717, 1.165) is 6.07 Å². The van der Waals surface area contributed by atoms with Gasteiger partial charge in [0.15, 0.2) is 0 Å². The van der Waals surface area contributed by atoms with Crippen LogP contribution in [0.2, 0.25) is 5.02 Å². The van der Waals surface area contributed by atoms with Crippen LogP contribution >= 0.6 is 11.6 Å². The van der Waals surface area contributed by atoms with Crippen LogP contribution in [-0.2, 0) is 28.4 Å². The Morgan fingerprint density at radius 2 is 1.76 bits per heavy atom. The highest BCUT2D eigenvalue weighted by atomic mass is 35.5. The number of hydrogen-bond donors (Lipinski definition) is 1. The number of nitrogens with zero attached hydrogens (tertiary/aromatic N) is 3. The number of rotatable bonds is 7. The molecule has 0 amide bonds. The van der Waals surface area contributed by atoms with Crippen molar-refractivity contribution >= 4 is 33.3 Å². The highest BCUT2D eigenvalue weighted by Crippen LogP contribution is 2.26. The van der Waals surface area contributed by atoms with Crippen LogP contribution < -0.4 is 10.3 Å². The summed E-state index contributed by atoms with van der Waals surface area (Å²) in [6, 6.07) is 21.0. The lowest BCUT2D eigenvalue weighted by Crippen LogP contribution is -2.23. The van der Waals surface area contributed by atoms with E-state index in [1.807, 2.05) is 6.07 Å². The van der Waals surface area contributed by atoms with Crippen LogP contribution in [-0.4, -0.2) is 23.8 Å². The van der Waals surface area contributed by atoms with Gasteiger partial charge in [-0.3, -0.25) is 14.2 Å². The SMILES string of the molecule is Cc1c(NS(=O)(=O)c2cc(C(=O)OCc3ccc(C#N)cc3)ccc2Cl)c(=O)n(-c2ccccc2)n1C. The summed E-state index contributed by atoms with van der Waals surface area (Å²) in [5.41, 5.74) is 1.33. The minimum atomic E-state index is -4.35. The zero-order valence-corrected chi connectivity index (χ0v) is 21.4. The molecule has 11 heteroatoms. The van der Waals surface area contributed by atoms with E-state index in [1.54, 1.807) is 68.6 Å². The monoisotopic (exact) mass is 536 g/mol. The van der Waals surface area contributed by atoms with Crippen molar-refractivity contribution in [2.24, 2.45) is 7.05 Å². The third kappa shape index (κ3) is 5.28. The highest BCUT2D eigenvalue weighted by Gasteiger charge is 2.25. The van der Waals surface area contributed by atoms with Gasteiger partial charge in [-0.1, -0.05) is 41.9 Å². The van der Waals surface area contributed by atoms with Crippen LogP contribution in [0.4, 0.5) is 5.69 Å². The molecule has 1 N–H and O–H groups in total. The van der Waals surface area contributed by atoms with Gasteiger partial charge in [0.05, 0.1) is 33.6 Å². The Morgan fingerprint density at radius 1 is 1.08 bits per heavy atom. The molecule has 37 heavy (non-hydrogen) atoms. The van der Waals surface area contributed by atoms with Crippen molar-refractivity contribution in [3.8, 4) is 11.8 Å². The van der Waals surface area contributed by atoms with Crippen LogP contribution in [0.5, 0.6) is 0 Å². The fourth-order valence-corrected chi connectivity index (χ4v) is 5.26. The first kappa shape index (κ1) is 25.8. The third-order valence-electron chi connectivity index (χ3n) is 5.70. The van der Waals surface area contributed by atoms with Crippen molar-refractivity contribution in [2.45, 2.75) is 18.4 Å². The standard InChI is InChI=1S/C26H21ClN4O5S/c1-17-24(25(32)31(30(17)2)21-6-4-3-5-7-21)29-37(34,35)23-14-20(12-13-22(23)27)26(33)36-16-19-10-8-18(15-28)9-11-19/h3-14,29H,16H2,1-2H3. The first-order chi connectivity index (χ1) is 17.6. The van der Waals surface area contributed by atoms with Crippen molar-refractivity contribution in [1.82, 2.24) is 9.36 Å². The zero-order chi connectivity index (χ0) is 26.7. The lowest BCUT2D eigenvalue weighted by atomic mass is 10.1. The van der Waals surface area contributed by atoms with Crippen molar-refractivity contribution in [2.75, 3.05) is 4.72 Å². The Labute approximate surface area is 218 Å². The van der Waals surface area contributed by atoms with E-state index in [1.165, 1.54) is 21.5 Å². The smallest absolute Gasteiger partial charge is 0.338 e. The molecule has 1 heterocycles. The predicted molar refractivity (Wildman–Crippen MR) is 138 cm³/mol. The number of para-hydroxylation sites is 1. The molecule has 0 unspecified atom stereocenters. The molecule has 0 radical (unpaired) electrons. The number of hydrogen-bond acceptors (Lipinski definition) is 6. The second-order valence-corrected chi connectivity index (χ2v) is 10.1. The van der Waals surface area contributed by atoms with Gasteiger partial charge in [0, 0.05) is 7.05 Å². The first-order valence-electron chi connectivity index (χ1n) is 10.9. The number of anilines is 1. The van der Waals surface area contributed by atoms with Crippen LogP contribution in [0, 0.1) is 18.3 Å². The Balaban J connectivity index is 1.60. The van der Waals surface area contributed by atoms with Gasteiger partial charge in [-0.15, -0.1) is 0 Å². The molecule has 9 nitrogen and oxygen atoms in total. The molecule has 0 spiro atoms. The van der Waals surface area contributed by atoms with Crippen LogP contribution in [0.1, 0.15) is 27.2 Å². The minimum Gasteiger partial charge on any atom is -0.457 e. The number of esters is 1. The number of nitrogens with one attached hydrogen (secondary N) is 1. The summed E-state index contributed by atoms with van der Waals surface area (Å²) >= 11 is 6.18. The summed E-state index contributed by atoms with van der Waals surface area (Å²) < 4.78 is 37.0. The van der Waals surface area contributed by atoms with Crippen LogP contribution in [0.25, 0.3) is 5.69 Å². The summed E-state index contributed by atoms with van der Waals surface area (Å²) in [5, 5.41) is 8.75. The second kappa shape index (κ2) is 10.3. The lowest BCUT2D eigenvalue weighted by molar-refractivity contribution is 0.0472. The molecule has 0 fully saturated rings. The molecule has 1 aromatic heterocycles. The fourth-order valence-electron chi connectivity index (χ4n) is 3.62. The third-order valence-corrected chi connectivity index (χ3v) is 7.53. The maximum atomic E-state index is 13.3. The molecule has 0 bridgehead atoms. The van der Waals surface area contributed by atoms with Gasteiger partial charge in [0.1, 0.15) is 17.2 Å². The van der Waals surface area contributed by atoms with Crippen molar-refractivity contribution < 1.29 is 17.9 Å². The van der Waals surface area contributed by atoms with Crippen molar-refractivity contribution in [3.05, 3.63) is 111 Å². The average Bonchev–Trinajstić information content (AvgIpc) is 3.10. The maximum absolute atomic E-state index is 13.3. The van der Waals surface area contributed by atoms with Crippen molar-refractivity contribution in [3.63, 3.8) is 0 Å². The van der Waals surface area contributed by atoms with Gasteiger partial charge in [-0.25, -0.2) is 17.9 Å². The normalized spacial score (nSPS) is 11.1. The van der Waals surface area contributed by atoms with E-state index >= 15 is 0 Å². The Kier molecular flexibility index (Phi) is 7.20. The van der Waals surface area contributed by atoms with E-state index in [0.29, 0.717) is 22.5 Å². The molecule has 0 aliphatic heterocycles. The number of aromatic nitrogens is 2. The van der Waals surface area contributed by atoms with Crippen molar-refractivity contribution in [1.29, 1.82) is 5.26 Å². The highest BCUT2D eigenvalue weighted by molar-refractivity contribution is 7.92. The molecule has 0 atom stereocenters. The molecular weight excluding hydrogens is 516 g/mol. The molecule has 188 valence electrons. The van der Waals surface area contributed by atoms with Gasteiger partial charge in [0.2, 0.25) is 0 Å². The van der Waals surface area contributed by atoms with Gasteiger partial charge >= 0.3 is 5.97 Å². The molecule has 4 rings (SSSR count). The van der Waals surface area contributed by atoms with Gasteiger partial charge in [-0.05, 0) is 55.0 Å². The Morgan fingerprint density at radius 3 is 2.41 bits per heavy atom. The minimum absolute atomic E-state index is 0.0371. The number of carbonyl (C=O) groups excluding carboxylic acids is 1. The summed E-state index contributed by atoms with van der Waals surface area (Å²) in [4.78, 5) is 25.4. The van der Waals surface area contributed by atoms with Gasteiger partial charge in [-0.2, -0.15) is 5.26 Å². The molecule has 3 aromatic carbocycles. The second-order valence-electron chi connectivity index (χ2n) is 8.07. The maximum Gasteiger partial charge on any atom is 0.338 e. The Bertz CT molecular complexity index is 1690. The van der Waals surface area contributed by atoms with Crippen LogP contribution in [0.15, 0.2) is 82.5 Å². The topological polar surface area (TPSA) is 123 Å². The predicted octanol–water partition coefficient (Wildman–Crippen LogP) is 4.17. The van der Waals surface area contributed by atoms with E-state index in [-0.39, 0.29) is 27.8 Å².